The minimum atomic E-state index is -0.260. The number of fused-ring (bicyclic) bond motifs is 1. The van der Waals surface area contributed by atoms with Crippen LogP contribution < -0.4 is 4.74 Å². The number of hydrogen-bond donors (Lipinski definition) is 1. The van der Waals surface area contributed by atoms with Crippen LogP contribution in [0.4, 0.5) is 4.39 Å². The highest BCUT2D eigenvalue weighted by atomic mass is 19.1. The Labute approximate surface area is 170 Å². The van der Waals surface area contributed by atoms with Gasteiger partial charge in [0.1, 0.15) is 11.6 Å². The van der Waals surface area contributed by atoms with Crippen LogP contribution in [0.3, 0.4) is 0 Å². The molecule has 1 fully saturated rings. The molecule has 3 aromatic rings. The molecule has 0 spiro atoms. The topological polar surface area (TPSA) is 48.6 Å². The fourth-order valence-electron chi connectivity index (χ4n) is 4.09. The molecule has 0 saturated carbocycles. The van der Waals surface area contributed by atoms with Crippen LogP contribution in [0.25, 0.3) is 10.9 Å². The predicted molar refractivity (Wildman–Crippen MR) is 112 cm³/mol. The summed E-state index contributed by atoms with van der Waals surface area (Å²) in [5, 5.41) is 1.12. The number of hydrogen-bond acceptors (Lipinski definition) is 3. The van der Waals surface area contributed by atoms with Crippen LogP contribution in [0.15, 0.2) is 42.5 Å². The van der Waals surface area contributed by atoms with E-state index in [2.05, 4.69) is 16.0 Å². The number of aromatic nitrogens is 1. The fraction of sp³-hybridized carbons (Fsp3) is 0.348. The van der Waals surface area contributed by atoms with Gasteiger partial charge < -0.3 is 14.6 Å². The molecule has 0 bridgehead atoms. The molecule has 152 valence electrons. The quantitative estimate of drug-likeness (QED) is 0.719. The minimum Gasteiger partial charge on any atom is -0.496 e. The molecule has 1 aliphatic rings. The van der Waals surface area contributed by atoms with E-state index in [0.717, 1.165) is 40.8 Å². The number of para-hydroxylation sites is 1. The first-order chi connectivity index (χ1) is 14.0. The molecule has 1 aliphatic heterocycles. The fourth-order valence-corrected chi connectivity index (χ4v) is 4.09. The van der Waals surface area contributed by atoms with Crippen molar-refractivity contribution in [2.45, 2.75) is 19.9 Å². The molecule has 6 heteroatoms. The lowest BCUT2D eigenvalue weighted by Crippen LogP contribution is -2.48. The van der Waals surface area contributed by atoms with Crippen molar-refractivity contribution in [1.82, 2.24) is 14.8 Å². The molecule has 0 atom stereocenters. The van der Waals surface area contributed by atoms with Crippen LogP contribution in [-0.4, -0.2) is 54.0 Å². The number of aryl methyl sites for hydroxylation is 1. The molecule has 29 heavy (non-hydrogen) atoms. The van der Waals surface area contributed by atoms with E-state index in [1.54, 1.807) is 13.2 Å². The summed E-state index contributed by atoms with van der Waals surface area (Å²) in [5.41, 5.74) is 4.04. The summed E-state index contributed by atoms with van der Waals surface area (Å²) in [6.07, 6.45) is 0.410. The highest BCUT2D eigenvalue weighted by Crippen LogP contribution is 2.24. The van der Waals surface area contributed by atoms with Crippen LogP contribution in [0, 0.1) is 12.7 Å². The molecule has 0 unspecified atom stereocenters. The van der Waals surface area contributed by atoms with E-state index >= 15 is 0 Å². The van der Waals surface area contributed by atoms with E-state index in [0.29, 0.717) is 31.8 Å². The van der Waals surface area contributed by atoms with Gasteiger partial charge in [0, 0.05) is 54.9 Å². The Bertz CT molecular complexity index is 1020. The number of amides is 1. The standard InChI is InChI=1S/C23H26FN3O2/c1-16-20(19-5-3-4-6-21(19)25-16)14-23(28)27-11-9-26(10-12-27)15-17-13-18(24)7-8-22(17)29-2/h3-8,13,25H,9-12,14-15H2,1-2H3. The van der Waals surface area contributed by atoms with E-state index in [-0.39, 0.29) is 11.7 Å². The minimum absolute atomic E-state index is 0.154. The second-order valence-electron chi connectivity index (χ2n) is 7.56. The number of methoxy groups -OCH3 is 1. The summed E-state index contributed by atoms with van der Waals surface area (Å²) < 4.78 is 18.9. The summed E-state index contributed by atoms with van der Waals surface area (Å²) in [7, 11) is 1.60. The van der Waals surface area contributed by atoms with Crippen LogP contribution in [0.2, 0.25) is 0 Å². The van der Waals surface area contributed by atoms with Gasteiger partial charge in [0.25, 0.3) is 0 Å². The molecular formula is C23H26FN3O2. The molecule has 1 aromatic heterocycles. The maximum absolute atomic E-state index is 13.6. The van der Waals surface area contributed by atoms with Crippen molar-refractivity contribution >= 4 is 16.8 Å². The van der Waals surface area contributed by atoms with E-state index < -0.39 is 0 Å². The zero-order valence-corrected chi connectivity index (χ0v) is 16.9. The second kappa shape index (κ2) is 8.25. The van der Waals surface area contributed by atoms with E-state index in [1.165, 1.54) is 12.1 Å². The molecular weight excluding hydrogens is 369 g/mol. The van der Waals surface area contributed by atoms with Crippen LogP contribution in [0.5, 0.6) is 5.75 Å². The number of carbonyl (C=O) groups excluding carboxylic acids is 1. The van der Waals surface area contributed by atoms with Gasteiger partial charge in [-0.05, 0) is 36.8 Å². The second-order valence-corrected chi connectivity index (χ2v) is 7.56. The maximum atomic E-state index is 13.6. The van der Waals surface area contributed by atoms with Crippen molar-refractivity contribution in [1.29, 1.82) is 0 Å². The lowest BCUT2D eigenvalue weighted by molar-refractivity contribution is -0.132. The van der Waals surface area contributed by atoms with Crippen LogP contribution in [0.1, 0.15) is 16.8 Å². The molecule has 2 aromatic carbocycles. The van der Waals surface area contributed by atoms with Crippen molar-refractivity contribution < 1.29 is 13.9 Å². The third-order valence-electron chi connectivity index (χ3n) is 5.72. The van der Waals surface area contributed by atoms with Crippen molar-refractivity contribution in [3.63, 3.8) is 0 Å². The van der Waals surface area contributed by atoms with Crippen molar-refractivity contribution in [2.24, 2.45) is 0 Å². The molecule has 1 saturated heterocycles. The largest absolute Gasteiger partial charge is 0.496 e. The third kappa shape index (κ3) is 4.12. The van der Waals surface area contributed by atoms with Gasteiger partial charge in [-0.2, -0.15) is 0 Å². The van der Waals surface area contributed by atoms with Gasteiger partial charge in [0.2, 0.25) is 5.91 Å². The van der Waals surface area contributed by atoms with Gasteiger partial charge in [-0.1, -0.05) is 18.2 Å². The highest BCUT2D eigenvalue weighted by Gasteiger charge is 2.23. The number of ether oxygens (including phenoxy) is 1. The average molecular weight is 395 g/mol. The zero-order chi connectivity index (χ0) is 20.4. The van der Waals surface area contributed by atoms with Crippen molar-refractivity contribution in [2.75, 3.05) is 33.3 Å². The number of aromatic amines is 1. The summed E-state index contributed by atoms with van der Waals surface area (Å²) in [6, 6.07) is 12.7. The number of rotatable bonds is 5. The van der Waals surface area contributed by atoms with E-state index in [9.17, 15) is 9.18 Å². The lowest BCUT2D eigenvalue weighted by atomic mass is 10.1. The Morgan fingerprint density at radius 2 is 1.90 bits per heavy atom. The number of halogens is 1. The third-order valence-corrected chi connectivity index (χ3v) is 5.72. The SMILES string of the molecule is COc1ccc(F)cc1CN1CCN(C(=O)Cc2c(C)[nH]c3ccccc23)CC1. The van der Waals surface area contributed by atoms with Gasteiger partial charge in [0.15, 0.2) is 0 Å². The van der Waals surface area contributed by atoms with E-state index in [1.807, 2.05) is 30.0 Å². The number of benzene rings is 2. The van der Waals surface area contributed by atoms with Crippen molar-refractivity contribution in [3.05, 3.63) is 65.1 Å². The molecule has 2 heterocycles. The van der Waals surface area contributed by atoms with Gasteiger partial charge in [-0.15, -0.1) is 0 Å². The van der Waals surface area contributed by atoms with Gasteiger partial charge in [0.05, 0.1) is 13.5 Å². The maximum Gasteiger partial charge on any atom is 0.227 e. The van der Waals surface area contributed by atoms with Crippen LogP contribution >= 0.6 is 0 Å². The summed E-state index contributed by atoms with van der Waals surface area (Å²) >= 11 is 0. The van der Waals surface area contributed by atoms with Gasteiger partial charge in [-0.25, -0.2) is 4.39 Å². The van der Waals surface area contributed by atoms with Gasteiger partial charge >= 0.3 is 0 Å². The number of piperazine rings is 1. The zero-order valence-electron chi connectivity index (χ0n) is 16.9. The first kappa shape index (κ1) is 19.5. The monoisotopic (exact) mass is 395 g/mol. The summed E-state index contributed by atoms with van der Waals surface area (Å²) in [4.78, 5) is 20.4. The highest BCUT2D eigenvalue weighted by molar-refractivity contribution is 5.90. The molecule has 1 amide bonds. The normalized spacial score (nSPS) is 15.1. The first-order valence-electron chi connectivity index (χ1n) is 9.94. The molecule has 5 nitrogen and oxygen atoms in total. The molecule has 4 rings (SSSR count). The Kier molecular flexibility index (Phi) is 5.53. The Morgan fingerprint density at radius 1 is 1.14 bits per heavy atom. The number of nitrogens with zero attached hydrogens (tertiary/aromatic N) is 2. The predicted octanol–water partition coefficient (Wildman–Crippen LogP) is 3.51. The van der Waals surface area contributed by atoms with Crippen molar-refractivity contribution in [3.8, 4) is 5.75 Å². The van der Waals surface area contributed by atoms with Gasteiger partial charge in [-0.3, -0.25) is 9.69 Å². The number of nitrogens with one attached hydrogen (secondary N) is 1. The molecule has 0 radical (unpaired) electrons. The Morgan fingerprint density at radius 3 is 2.66 bits per heavy atom. The van der Waals surface area contributed by atoms with E-state index in [4.69, 9.17) is 4.74 Å². The van der Waals surface area contributed by atoms with Crippen LogP contribution in [-0.2, 0) is 17.8 Å². The molecule has 0 aliphatic carbocycles. The Balaban J connectivity index is 1.38. The smallest absolute Gasteiger partial charge is 0.227 e. The summed E-state index contributed by atoms with van der Waals surface area (Å²) in [6.45, 7) is 5.52. The first-order valence-corrected chi connectivity index (χ1v) is 9.94. The lowest BCUT2D eigenvalue weighted by Gasteiger charge is -2.35. The molecule has 1 N–H and O–H groups in total. The number of H-pyrrole nitrogens is 1. The number of carbonyl (C=O) groups is 1. The Hall–Kier alpha value is -2.86. The summed E-state index contributed by atoms with van der Waals surface area (Å²) in [5.74, 6) is 0.587. The average Bonchev–Trinajstić information content (AvgIpc) is 3.04.